The number of aromatic nitrogens is 1. The minimum atomic E-state index is -0.491. The van der Waals surface area contributed by atoms with Gasteiger partial charge in [0.15, 0.2) is 6.20 Å². The average molecular weight is 409 g/mol. The molecule has 1 aromatic heterocycles. The third-order valence-electron chi connectivity index (χ3n) is 4.81. The Morgan fingerprint density at radius 2 is 1.69 bits per heavy atom. The first-order valence-corrected chi connectivity index (χ1v) is 10.5. The van der Waals surface area contributed by atoms with Crippen LogP contribution in [-0.4, -0.2) is 52.7 Å². The fraction of sp³-hybridized carbons (Fsp3) is 0.714. The summed E-state index contributed by atoms with van der Waals surface area (Å²) in [4.78, 5) is 30.1. The van der Waals surface area contributed by atoms with Gasteiger partial charge in [0.25, 0.3) is 0 Å². The number of anilines is 1. The third-order valence-corrected chi connectivity index (χ3v) is 4.81. The predicted octanol–water partition coefficient (Wildman–Crippen LogP) is 4.88. The van der Waals surface area contributed by atoms with E-state index >= 15 is 0 Å². The van der Waals surface area contributed by atoms with Crippen molar-refractivity contribution in [3.05, 3.63) is 28.4 Å². The Bertz CT molecular complexity index is 654. The number of pyridine rings is 1. The van der Waals surface area contributed by atoms with Crippen LogP contribution >= 0.6 is 0 Å². The van der Waals surface area contributed by atoms with E-state index in [1.807, 2.05) is 48.5 Å². The lowest BCUT2D eigenvalue weighted by atomic mass is 9.72. The number of piperidine rings is 1. The quantitative estimate of drug-likeness (QED) is 0.512. The van der Waals surface area contributed by atoms with Gasteiger partial charge in [0.2, 0.25) is 0 Å². The van der Waals surface area contributed by atoms with E-state index in [0.29, 0.717) is 0 Å². The highest BCUT2D eigenvalue weighted by Gasteiger charge is 2.47. The van der Waals surface area contributed by atoms with E-state index < -0.39 is 10.5 Å². The van der Waals surface area contributed by atoms with Gasteiger partial charge in [-0.05, 0) is 49.6 Å². The largest absolute Gasteiger partial charge is 0.444 e. The third kappa shape index (κ3) is 6.58. The van der Waals surface area contributed by atoms with Crippen LogP contribution in [0.3, 0.4) is 0 Å². The highest BCUT2D eigenvalue weighted by molar-refractivity contribution is 5.69. The number of carbonyl (C=O) groups excluding carboxylic acids is 1. The second-order valence-electron chi connectivity index (χ2n) is 7.96. The van der Waals surface area contributed by atoms with Crippen LogP contribution in [0.5, 0.6) is 0 Å². The van der Waals surface area contributed by atoms with Crippen LogP contribution in [0.25, 0.3) is 0 Å². The molecule has 164 valence electrons. The lowest BCUT2D eigenvalue weighted by molar-refractivity contribution is -0.389. The SMILES string of the molecule is CC.CC.CC(C)(C)OC(=O)N1CC2(CCN(c3ccc([N+](=O)[O-])nc3)CC2)C1. The number of hydrogen-bond donors (Lipinski definition) is 0. The van der Waals surface area contributed by atoms with E-state index in [1.54, 1.807) is 17.2 Å². The van der Waals surface area contributed by atoms with Crippen LogP contribution in [0.2, 0.25) is 0 Å². The highest BCUT2D eigenvalue weighted by atomic mass is 16.6. The van der Waals surface area contributed by atoms with Crippen molar-refractivity contribution in [2.24, 2.45) is 5.41 Å². The fourth-order valence-electron chi connectivity index (χ4n) is 3.45. The molecule has 0 radical (unpaired) electrons. The smallest absolute Gasteiger partial charge is 0.410 e. The van der Waals surface area contributed by atoms with Gasteiger partial charge in [-0.15, -0.1) is 0 Å². The summed E-state index contributed by atoms with van der Waals surface area (Å²) >= 11 is 0. The molecule has 0 N–H and O–H groups in total. The summed E-state index contributed by atoms with van der Waals surface area (Å²) in [5.41, 5.74) is 0.622. The maximum atomic E-state index is 12.1. The second kappa shape index (κ2) is 10.4. The molecule has 3 heterocycles. The molecule has 3 rings (SSSR count). The molecule has 8 heteroatoms. The van der Waals surface area contributed by atoms with E-state index in [-0.39, 0.29) is 17.3 Å². The zero-order valence-electron chi connectivity index (χ0n) is 18.9. The van der Waals surface area contributed by atoms with Gasteiger partial charge in [-0.1, -0.05) is 27.7 Å². The maximum absolute atomic E-state index is 12.1. The summed E-state index contributed by atoms with van der Waals surface area (Å²) < 4.78 is 5.41. The summed E-state index contributed by atoms with van der Waals surface area (Å²) in [6, 6.07) is 3.18. The molecule has 0 aliphatic carbocycles. The Morgan fingerprint density at radius 1 is 1.14 bits per heavy atom. The molecule has 0 aromatic carbocycles. The molecule has 1 aromatic rings. The average Bonchev–Trinajstić information content (AvgIpc) is 2.68. The summed E-state index contributed by atoms with van der Waals surface area (Å²) in [6.07, 6.45) is 3.30. The topological polar surface area (TPSA) is 88.8 Å². The lowest BCUT2D eigenvalue weighted by Crippen LogP contribution is -2.62. The molecular formula is C21H36N4O4. The molecule has 8 nitrogen and oxygen atoms in total. The van der Waals surface area contributed by atoms with E-state index in [9.17, 15) is 14.9 Å². The Labute approximate surface area is 174 Å². The van der Waals surface area contributed by atoms with Crippen LogP contribution in [0.1, 0.15) is 61.3 Å². The van der Waals surface area contributed by atoms with Crippen molar-refractivity contribution >= 4 is 17.6 Å². The van der Waals surface area contributed by atoms with Crippen molar-refractivity contribution in [1.82, 2.24) is 9.88 Å². The molecule has 2 aliphatic rings. The van der Waals surface area contributed by atoms with Crippen molar-refractivity contribution in [2.45, 2.75) is 66.9 Å². The van der Waals surface area contributed by atoms with Crippen LogP contribution in [-0.2, 0) is 4.74 Å². The van der Waals surface area contributed by atoms with Crippen LogP contribution in [0.4, 0.5) is 16.3 Å². The van der Waals surface area contributed by atoms with Gasteiger partial charge in [-0.25, -0.2) is 4.79 Å². The summed E-state index contributed by atoms with van der Waals surface area (Å²) in [7, 11) is 0. The monoisotopic (exact) mass is 408 g/mol. The lowest BCUT2D eigenvalue weighted by Gasteiger charge is -2.53. The van der Waals surface area contributed by atoms with Crippen molar-refractivity contribution in [3.8, 4) is 0 Å². The standard InChI is InChI=1S/C17H24N4O4.2C2H6/c1-16(2,3)25-15(22)20-11-17(12-20)6-8-19(9-7-17)13-4-5-14(18-10-13)21(23)24;2*1-2/h4-5,10H,6-9,11-12H2,1-3H3;2*1-2H3. The number of nitro groups is 1. The van der Waals surface area contributed by atoms with Crippen LogP contribution < -0.4 is 4.90 Å². The van der Waals surface area contributed by atoms with Gasteiger partial charge >= 0.3 is 11.9 Å². The van der Waals surface area contributed by atoms with Crippen molar-refractivity contribution < 1.29 is 14.5 Å². The van der Waals surface area contributed by atoms with Gasteiger partial charge in [0.1, 0.15) is 5.60 Å². The number of nitrogens with zero attached hydrogens (tertiary/aromatic N) is 4. The number of ether oxygens (including phenoxy) is 1. The van der Waals surface area contributed by atoms with E-state index in [4.69, 9.17) is 4.74 Å². The molecule has 2 fully saturated rings. The highest BCUT2D eigenvalue weighted by Crippen LogP contribution is 2.41. The van der Waals surface area contributed by atoms with Crippen LogP contribution in [0.15, 0.2) is 18.3 Å². The molecule has 1 amide bonds. The number of carbonyl (C=O) groups is 1. The molecule has 29 heavy (non-hydrogen) atoms. The fourth-order valence-corrected chi connectivity index (χ4v) is 3.45. The zero-order valence-corrected chi connectivity index (χ0v) is 18.9. The first kappa shape index (κ1) is 24.7. The number of rotatable bonds is 2. The summed E-state index contributed by atoms with van der Waals surface area (Å²) in [6.45, 7) is 16.8. The van der Waals surface area contributed by atoms with Crippen molar-refractivity contribution in [3.63, 3.8) is 0 Å². The van der Waals surface area contributed by atoms with E-state index in [2.05, 4.69) is 9.88 Å². The number of hydrogen-bond acceptors (Lipinski definition) is 6. The molecule has 0 atom stereocenters. The minimum Gasteiger partial charge on any atom is -0.444 e. The van der Waals surface area contributed by atoms with Gasteiger partial charge in [0, 0.05) is 37.7 Å². The van der Waals surface area contributed by atoms with Crippen molar-refractivity contribution in [2.75, 3.05) is 31.1 Å². The van der Waals surface area contributed by atoms with Gasteiger partial charge in [-0.2, -0.15) is 0 Å². The molecule has 1 spiro atoms. The Kier molecular flexibility index (Phi) is 8.85. The Balaban J connectivity index is 0.000000989. The minimum absolute atomic E-state index is 0.135. The Morgan fingerprint density at radius 3 is 2.10 bits per heavy atom. The van der Waals surface area contributed by atoms with E-state index in [1.165, 1.54) is 6.07 Å². The van der Waals surface area contributed by atoms with Gasteiger partial charge in [0.05, 0.1) is 5.69 Å². The second-order valence-corrected chi connectivity index (χ2v) is 7.96. The molecule has 0 bridgehead atoms. The number of likely N-dealkylation sites (tertiary alicyclic amines) is 1. The predicted molar refractivity (Wildman–Crippen MR) is 115 cm³/mol. The van der Waals surface area contributed by atoms with E-state index in [0.717, 1.165) is 44.7 Å². The molecule has 2 saturated heterocycles. The molecule has 2 aliphatic heterocycles. The summed E-state index contributed by atoms with van der Waals surface area (Å²) in [5.74, 6) is -0.135. The molecule has 0 unspecified atom stereocenters. The van der Waals surface area contributed by atoms with Crippen LogP contribution in [0, 0.1) is 15.5 Å². The summed E-state index contributed by atoms with van der Waals surface area (Å²) in [5, 5.41) is 10.7. The molecular weight excluding hydrogens is 372 g/mol. The van der Waals surface area contributed by atoms with Gasteiger partial charge < -0.3 is 24.7 Å². The number of amides is 1. The normalized spacial score (nSPS) is 17.2. The first-order valence-electron chi connectivity index (χ1n) is 10.5. The first-order chi connectivity index (χ1) is 13.7. The Hall–Kier alpha value is -2.38. The van der Waals surface area contributed by atoms with Crippen molar-refractivity contribution in [1.29, 1.82) is 0 Å². The zero-order chi connectivity index (χ0) is 22.2. The van der Waals surface area contributed by atoms with Gasteiger partial charge in [-0.3, -0.25) is 0 Å². The maximum Gasteiger partial charge on any atom is 0.410 e. The molecule has 0 saturated carbocycles.